The van der Waals surface area contributed by atoms with E-state index in [4.69, 9.17) is 5.11 Å². The first-order valence-electron chi connectivity index (χ1n) is 10.0. The number of alkyl halides is 2. The van der Waals surface area contributed by atoms with Gasteiger partial charge in [-0.25, -0.2) is 4.79 Å². The van der Waals surface area contributed by atoms with Crippen molar-refractivity contribution in [3.05, 3.63) is 47.0 Å². The number of carbonyl (C=O) groups excluding carboxylic acids is 1. The van der Waals surface area contributed by atoms with E-state index in [0.717, 1.165) is 29.7 Å². The highest BCUT2D eigenvalue weighted by Crippen LogP contribution is 2.34. The van der Waals surface area contributed by atoms with Gasteiger partial charge in [-0.2, -0.15) is 8.78 Å². The molecule has 2 N–H and O–H groups in total. The Labute approximate surface area is 170 Å². The zero-order chi connectivity index (χ0) is 21.6. The second-order valence-electron chi connectivity index (χ2n) is 7.63. The molecule has 0 radical (unpaired) electrons. The van der Waals surface area contributed by atoms with Gasteiger partial charge in [0.25, 0.3) is 5.91 Å². The Morgan fingerprint density at radius 1 is 1.38 bits per heavy atom. The highest BCUT2D eigenvalue weighted by molar-refractivity contribution is 5.89. The molecule has 5 nitrogen and oxygen atoms in total. The van der Waals surface area contributed by atoms with Gasteiger partial charge < -0.3 is 15.1 Å². The molecule has 1 aromatic carbocycles. The van der Waals surface area contributed by atoms with Gasteiger partial charge in [0.2, 0.25) is 0 Å². The smallest absolute Gasteiger partial charge is 0.335 e. The number of aliphatic hydroxyl groups is 1. The van der Waals surface area contributed by atoms with Crippen molar-refractivity contribution >= 4 is 11.9 Å². The first kappa shape index (κ1) is 23.0. The predicted molar refractivity (Wildman–Crippen MR) is 106 cm³/mol. The number of carboxylic acids is 1. The number of halogens is 2. The monoisotopic (exact) mass is 409 g/mol. The van der Waals surface area contributed by atoms with Crippen LogP contribution in [0, 0.1) is 6.92 Å². The summed E-state index contributed by atoms with van der Waals surface area (Å²) < 4.78 is 28.0. The SMILES string of the molecule is CCCCC[C@@H](O)C=C[C@H]1CC(F)(F)C(=O)N1CCc1ccc(C(=O)O)c(C)c1. The Kier molecular flexibility index (Phi) is 7.90. The van der Waals surface area contributed by atoms with Gasteiger partial charge in [0.15, 0.2) is 0 Å². The van der Waals surface area contributed by atoms with Gasteiger partial charge in [-0.1, -0.05) is 50.5 Å². The summed E-state index contributed by atoms with van der Waals surface area (Å²) in [5, 5.41) is 19.1. The summed E-state index contributed by atoms with van der Waals surface area (Å²) in [4.78, 5) is 24.4. The van der Waals surface area contributed by atoms with Crippen molar-refractivity contribution in [1.29, 1.82) is 0 Å². The van der Waals surface area contributed by atoms with E-state index in [1.165, 1.54) is 18.2 Å². The van der Waals surface area contributed by atoms with Gasteiger partial charge in [0.1, 0.15) is 0 Å². The second-order valence-corrected chi connectivity index (χ2v) is 7.63. The Bertz CT molecular complexity index is 763. The summed E-state index contributed by atoms with van der Waals surface area (Å²) in [6, 6.07) is 4.05. The van der Waals surface area contributed by atoms with E-state index in [1.807, 2.05) is 0 Å². The van der Waals surface area contributed by atoms with E-state index >= 15 is 0 Å². The van der Waals surface area contributed by atoms with Crippen molar-refractivity contribution in [3.63, 3.8) is 0 Å². The molecule has 2 rings (SSSR count). The number of hydrogen-bond donors (Lipinski definition) is 2. The number of hydrogen-bond acceptors (Lipinski definition) is 3. The van der Waals surface area contributed by atoms with Gasteiger partial charge in [0.05, 0.1) is 17.7 Å². The number of nitrogens with zero attached hydrogens (tertiary/aromatic N) is 1. The van der Waals surface area contributed by atoms with Crippen molar-refractivity contribution in [2.45, 2.75) is 70.4 Å². The number of likely N-dealkylation sites (tertiary alicyclic amines) is 1. The zero-order valence-corrected chi connectivity index (χ0v) is 16.9. The van der Waals surface area contributed by atoms with Crippen molar-refractivity contribution in [3.8, 4) is 0 Å². The number of amides is 1. The summed E-state index contributed by atoms with van der Waals surface area (Å²) in [5.74, 6) is -5.64. The number of aryl methyl sites for hydroxylation is 1. The Hall–Kier alpha value is -2.28. The lowest BCUT2D eigenvalue weighted by molar-refractivity contribution is -0.148. The summed E-state index contributed by atoms with van der Waals surface area (Å²) in [7, 11) is 0. The van der Waals surface area contributed by atoms with Crippen LogP contribution in [-0.2, 0) is 11.2 Å². The topological polar surface area (TPSA) is 77.8 Å². The van der Waals surface area contributed by atoms with Crippen LogP contribution < -0.4 is 0 Å². The second kappa shape index (κ2) is 9.96. The van der Waals surface area contributed by atoms with Crippen LogP contribution in [0.5, 0.6) is 0 Å². The third kappa shape index (κ3) is 6.10. The molecule has 0 aliphatic carbocycles. The van der Waals surface area contributed by atoms with Crippen LogP contribution in [0.15, 0.2) is 30.4 Å². The van der Waals surface area contributed by atoms with Crippen LogP contribution >= 0.6 is 0 Å². The van der Waals surface area contributed by atoms with Crippen LogP contribution in [0.2, 0.25) is 0 Å². The number of unbranched alkanes of at least 4 members (excludes halogenated alkanes) is 2. The molecule has 1 aliphatic rings. The van der Waals surface area contributed by atoms with E-state index in [1.54, 1.807) is 19.1 Å². The number of rotatable bonds is 10. The third-order valence-electron chi connectivity index (χ3n) is 5.26. The molecule has 0 aromatic heterocycles. The van der Waals surface area contributed by atoms with E-state index in [2.05, 4.69) is 6.92 Å². The number of carbonyl (C=O) groups is 2. The minimum absolute atomic E-state index is 0.0984. The minimum atomic E-state index is -3.41. The van der Waals surface area contributed by atoms with Crippen molar-refractivity contribution in [2.75, 3.05) is 6.54 Å². The minimum Gasteiger partial charge on any atom is -0.478 e. The summed E-state index contributed by atoms with van der Waals surface area (Å²) in [6.45, 7) is 3.83. The average molecular weight is 409 g/mol. The van der Waals surface area contributed by atoms with Crippen molar-refractivity contribution in [2.24, 2.45) is 0 Å². The molecule has 7 heteroatoms. The Morgan fingerprint density at radius 3 is 2.72 bits per heavy atom. The first-order chi connectivity index (χ1) is 13.7. The molecule has 1 aromatic rings. The normalized spacial score (nSPS) is 19.8. The van der Waals surface area contributed by atoms with Gasteiger partial charge >= 0.3 is 11.9 Å². The average Bonchev–Trinajstić information content (AvgIpc) is 2.87. The molecular formula is C22H29F2NO4. The largest absolute Gasteiger partial charge is 0.478 e. The number of aromatic carboxylic acids is 1. The van der Waals surface area contributed by atoms with E-state index < -0.39 is 36.4 Å². The third-order valence-corrected chi connectivity index (χ3v) is 5.26. The lowest BCUT2D eigenvalue weighted by Gasteiger charge is -2.22. The predicted octanol–water partition coefficient (Wildman–Crippen LogP) is 3.97. The molecular weight excluding hydrogens is 380 g/mol. The molecule has 1 fully saturated rings. The van der Waals surface area contributed by atoms with E-state index in [9.17, 15) is 23.5 Å². The maximum absolute atomic E-state index is 14.0. The maximum atomic E-state index is 14.0. The fourth-order valence-corrected chi connectivity index (χ4v) is 3.59. The highest BCUT2D eigenvalue weighted by atomic mass is 19.3. The number of benzene rings is 1. The summed E-state index contributed by atoms with van der Waals surface area (Å²) in [6.07, 6.45) is 5.50. The van der Waals surface area contributed by atoms with Crippen molar-refractivity contribution < 1.29 is 28.6 Å². The van der Waals surface area contributed by atoms with Gasteiger partial charge in [0, 0.05) is 13.0 Å². The molecule has 1 saturated heterocycles. The lowest BCUT2D eigenvalue weighted by atomic mass is 10.0. The van der Waals surface area contributed by atoms with Crippen molar-refractivity contribution in [1.82, 2.24) is 4.90 Å². The lowest BCUT2D eigenvalue weighted by Crippen LogP contribution is -2.37. The van der Waals surface area contributed by atoms with Gasteiger partial charge in [-0.05, 0) is 37.0 Å². The number of carboxylic acid groups (broad SMARTS) is 1. The molecule has 160 valence electrons. The fourth-order valence-electron chi connectivity index (χ4n) is 3.59. The van der Waals surface area contributed by atoms with E-state index in [-0.39, 0.29) is 12.1 Å². The molecule has 1 heterocycles. The van der Waals surface area contributed by atoms with Crippen LogP contribution in [0.1, 0.15) is 60.5 Å². The first-order valence-corrected chi connectivity index (χ1v) is 10.0. The summed E-state index contributed by atoms with van der Waals surface area (Å²) >= 11 is 0. The molecule has 0 spiro atoms. The Balaban J connectivity index is 2.04. The molecule has 1 aliphatic heterocycles. The number of aliphatic hydroxyl groups excluding tert-OH is 1. The molecule has 0 saturated carbocycles. The molecule has 29 heavy (non-hydrogen) atoms. The molecule has 0 bridgehead atoms. The molecule has 2 atom stereocenters. The van der Waals surface area contributed by atoms with Crippen LogP contribution in [0.25, 0.3) is 0 Å². The Morgan fingerprint density at radius 2 is 2.10 bits per heavy atom. The zero-order valence-electron chi connectivity index (χ0n) is 16.9. The fraction of sp³-hybridized carbons (Fsp3) is 0.545. The van der Waals surface area contributed by atoms with Gasteiger partial charge in [-0.3, -0.25) is 4.79 Å². The van der Waals surface area contributed by atoms with Gasteiger partial charge in [-0.15, -0.1) is 0 Å². The molecule has 0 unspecified atom stereocenters. The van der Waals surface area contributed by atoms with Crippen LogP contribution in [-0.4, -0.2) is 51.6 Å². The van der Waals surface area contributed by atoms with Crippen LogP contribution in [0.3, 0.4) is 0 Å². The maximum Gasteiger partial charge on any atom is 0.335 e. The molecule has 1 amide bonds. The summed E-state index contributed by atoms with van der Waals surface area (Å²) in [5.41, 5.74) is 1.55. The highest BCUT2D eigenvalue weighted by Gasteiger charge is 2.52. The quantitative estimate of drug-likeness (QED) is 0.453. The van der Waals surface area contributed by atoms with E-state index in [0.29, 0.717) is 18.4 Å². The van der Waals surface area contributed by atoms with Crippen LogP contribution in [0.4, 0.5) is 8.78 Å². The standard InChI is InChI=1S/C22H29F2NO4/c1-3-4-5-6-18(26)9-8-17-14-22(23,24)21(29)25(17)12-11-16-7-10-19(20(27)28)15(2)13-16/h7-10,13,17-18,26H,3-6,11-12,14H2,1-2H3,(H,27,28)/t17-,18+/m0/s1.